The van der Waals surface area contributed by atoms with Crippen LogP contribution in [0, 0.1) is 5.82 Å². The van der Waals surface area contributed by atoms with Crippen LogP contribution in [0.4, 0.5) is 4.39 Å². The highest BCUT2D eigenvalue weighted by Crippen LogP contribution is 2.23. The Bertz CT molecular complexity index is 894. The third-order valence-corrected chi connectivity index (χ3v) is 5.26. The molecular formula is C23H28FN3O5. The van der Waals surface area contributed by atoms with Gasteiger partial charge in [0.05, 0.1) is 40.0 Å². The van der Waals surface area contributed by atoms with Crippen LogP contribution in [0.2, 0.25) is 0 Å². The highest BCUT2D eigenvalue weighted by molar-refractivity contribution is 5.97. The lowest BCUT2D eigenvalue weighted by atomic mass is 10.0. The molecule has 2 aromatic rings. The SMILES string of the molecule is COc1cc(OC)cc(C(=O)NCC(=O)NCC(c2ccc(F)cc2)N2CCOCC2)c1. The van der Waals surface area contributed by atoms with Crippen LogP contribution in [0.15, 0.2) is 42.5 Å². The van der Waals surface area contributed by atoms with Crippen molar-refractivity contribution in [2.45, 2.75) is 6.04 Å². The van der Waals surface area contributed by atoms with E-state index in [2.05, 4.69) is 15.5 Å². The minimum atomic E-state index is -0.416. The number of carbonyl (C=O) groups excluding carboxylic acids is 2. The first-order chi connectivity index (χ1) is 15.5. The van der Waals surface area contributed by atoms with E-state index in [1.54, 1.807) is 30.3 Å². The number of methoxy groups -OCH3 is 2. The molecule has 1 fully saturated rings. The summed E-state index contributed by atoms with van der Waals surface area (Å²) in [5.74, 6) is -0.0946. The first kappa shape index (κ1) is 23.5. The highest BCUT2D eigenvalue weighted by atomic mass is 19.1. The molecule has 1 saturated heterocycles. The van der Waals surface area contributed by atoms with E-state index in [0.29, 0.717) is 49.9 Å². The second-order valence-corrected chi connectivity index (χ2v) is 7.30. The van der Waals surface area contributed by atoms with E-state index < -0.39 is 5.91 Å². The molecule has 1 atom stereocenters. The van der Waals surface area contributed by atoms with Crippen molar-refractivity contribution in [2.24, 2.45) is 0 Å². The van der Waals surface area contributed by atoms with E-state index >= 15 is 0 Å². The van der Waals surface area contributed by atoms with E-state index in [4.69, 9.17) is 14.2 Å². The monoisotopic (exact) mass is 445 g/mol. The summed E-state index contributed by atoms with van der Waals surface area (Å²) in [5, 5.41) is 5.47. The van der Waals surface area contributed by atoms with Crippen LogP contribution >= 0.6 is 0 Å². The summed E-state index contributed by atoms with van der Waals surface area (Å²) in [7, 11) is 2.99. The normalized spacial score (nSPS) is 15.0. The molecule has 0 spiro atoms. The molecule has 1 aliphatic rings. The maximum absolute atomic E-state index is 13.4. The fourth-order valence-corrected chi connectivity index (χ4v) is 3.51. The summed E-state index contributed by atoms with van der Waals surface area (Å²) in [6.45, 7) is 2.78. The Morgan fingerprint density at radius 2 is 1.66 bits per heavy atom. The van der Waals surface area contributed by atoms with Gasteiger partial charge in [-0.3, -0.25) is 14.5 Å². The Morgan fingerprint density at radius 1 is 1.03 bits per heavy atom. The lowest BCUT2D eigenvalue weighted by Gasteiger charge is -2.35. The van der Waals surface area contributed by atoms with Crippen molar-refractivity contribution in [3.8, 4) is 11.5 Å². The molecule has 0 aliphatic carbocycles. The Kier molecular flexibility index (Phi) is 8.41. The number of ether oxygens (including phenoxy) is 3. The van der Waals surface area contributed by atoms with Crippen LogP contribution in [-0.2, 0) is 9.53 Å². The van der Waals surface area contributed by atoms with E-state index in [1.807, 2.05) is 0 Å². The average Bonchev–Trinajstić information content (AvgIpc) is 2.84. The molecule has 8 nitrogen and oxygen atoms in total. The molecule has 2 amide bonds. The number of hydrogen-bond acceptors (Lipinski definition) is 6. The zero-order valence-corrected chi connectivity index (χ0v) is 18.2. The summed E-state index contributed by atoms with van der Waals surface area (Å²) in [4.78, 5) is 27.1. The van der Waals surface area contributed by atoms with Gasteiger partial charge >= 0.3 is 0 Å². The Hall–Kier alpha value is -3.17. The van der Waals surface area contributed by atoms with Crippen LogP contribution < -0.4 is 20.1 Å². The Morgan fingerprint density at radius 3 is 2.25 bits per heavy atom. The van der Waals surface area contributed by atoms with E-state index in [-0.39, 0.29) is 24.3 Å². The molecule has 0 aromatic heterocycles. The smallest absolute Gasteiger partial charge is 0.251 e. The quantitative estimate of drug-likeness (QED) is 0.612. The highest BCUT2D eigenvalue weighted by Gasteiger charge is 2.23. The molecule has 9 heteroatoms. The van der Waals surface area contributed by atoms with Crippen molar-refractivity contribution < 1.29 is 28.2 Å². The minimum absolute atomic E-state index is 0.123. The van der Waals surface area contributed by atoms with Gasteiger partial charge in [0, 0.05) is 31.3 Å². The van der Waals surface area contributed by atoms with Gasteiger partial charge in [-0.15, -0.1) is 0 Å². The van der Waals surface area contributed by atoms with Gasteiger partial charge in [-0.2, -0.15) is 0 Å². The largest absolute Gasteiger partial charge is 0.497 e. The predicted octanol–water partition coefficient (Wildman–Crippen LogP) is 1.76. The molecule has 172 valence electrons. The molecule has 3 rings (SSSR count). The van der Waals surface area contributed by atoms with Gasteiger partial charge in [0.2, 0.25) is 5.91 Å². The molecule has 0 bridgehead atoms. The molecule has 0 radical (unpaired) electrons. The zero-order valence-electron chi connectivity index (χ0n) is 18.2. The van der Waals surface area contributed by atoms with Gasteiger partial charge in [0.1, 0.15) is 17.3 Å². The van der Waals surface area contributed by atoms with Crippen molar-refractivity contribution in [3.63, 3.8) is 0 Å². The summed E-state index contributed by atoms with van der Waals surface area (Å²) in [6.07, 6.45) is 0. The molecule has 1 heterocycles. The number of rotatable bonds is 9. The van der Waals surface area contributed by atoms with Gasteiger partial charge < -0.3 is 24.8 Å². The topological polar surface area (TPSA) is 89.1 Å². The predicted molar refractivity (Wildman–Crippen MR) is 116 cm³/mol. The number of halogens is 1. The van der Waals surface area contributed by atoms with Crippen molar-refractivity contribution in [2.75, 3.05) is 53.6 Å². The third kappa shape index (κ3) is 6.41. The fourth-order valence-electron chi connectivity index (χ4n) is 3.51. The standard InChI is InChI=1S/C23H28FN3O5/c1-30-19-11-17(12-20(13-19)31-2)23(29)26-15-22(28)25-14-21(27-7-9-32-10-8-27)16-3-5-18(24)6-4-16/h3-6,11-13,21H,7-10,14-15H2,1-2H3,(H,25,28)(H,26,29). The van der Waals surface area contributed by atoms with Gasteiger partial charge in [-0.25, -0.2) is 4.39 Å². The van der Waals surface area contributed by atoms with Crippen molar-refractivity contribution in [1.29, 1.82) is 0 Å². The number of nitrogens with one attached hydrogen (secondary N) is 2. The lowest BCUT2D eigenvalue weighted by molar-refractivity contribution is -0.120. The Labute approximate surface area is 186 Å². The van der Waals surface area contributed by atoms with Crippen LogP contribution in [-0.4, -0.2) is 70.3 Å². The fraction of sp³-hybridized carbons (Fsp3) is 0.391. The second-order valence-electron chi connectivity index (χ2n) is 7.30. The molecule has 1 aliphatic heterocycles. The maximum atomic E-state index is 13.4. The number of nitrogens with zero attached hydrogens (tertiary/aromatic N) is 1. The Balaban J connectivity index is 1.58. The molecule has 2 N–H and O–H groups in total. The molecule has 1 unspecified atom stereocenters. The summed E-state index contributed by atoms with van der Waals surface area (Å²) in [5.41, 5.74) is 1.23. The lowest BCUT2D eigenvalue weighted by Crippen LogP contribution is -2.45. The number of morpholine rings is 1. The van der Waals surface area contributed by atoms with Crippen molar-refractivity contribution in [3.05, 3.63) is 59.4 Å². The second kappa shape index (κ2) is 11.4. The summed E-state index contributed by atoms with van der Waals surface area (Å²) >= 11 is 0. The number of amides is 2. The van der Waals surface area contributed by atoms with Crippen LogP contribution in [0.3, 0.4) is 0 Å². The zero-order chi connectivity index (χ0) is 22.9. The molecule has 2 aromatic carbocycles. The average molecular weight is 445 g/mol. The molecule has 32 heavy (non-hydrogen) atoms. The van der Waals surface area contributed by atoms with Gasteiger partial charge in [0.25, 0.3) is 5.91 Å². The van der Waals surface area contributed by atoms with Gasteiger partial charge in [0.15, 0.2) is 0 Å². The van der Waals surface area contributed by atoms with E-state index in [9.17, 15) is 14.0 Å². The van der Waals surface area contributed by atoms with E-state index in [1.165, 1.54) is 26.4 Å². The minimum Gasteiger partial charge on any atom is -0.497 e. The first-order valence-corrected chi connectivity index (χ1v) is 10.4. The molecule has 0 saturated carbocycles. The van der Waals surface area contributed by atoms with Crippen LogP contribution in [0.25, 0.3) is 0 Å². The van der Waals surface area contributed by atoms with Gasteiger partial charge in [-0.1, -0.05) is 12.1 Å². The number of hydrogen-bond donors (Lipinski definition) is 2. The number of carbonyl (C=O) groups is 2. The van der Waals surface area contributed by atoms with Crippen molar-refractivity contribution >= 4 is 11.8 Å². The van der Waals surface area contributed by atoms with Crippen molar-refractivity contribution in [1.82, 2.24) is 15.5 Å². The summed E-state index contributed by atoms with van der Waals surface area (Å²) in [6, 6.07) is 10.9. The van der Waals surface area contributed by atoms with E-state index in [0.717, 1.165) is 5.56 Å². The summed E-state index contributed by atoms with van der Waals surface area (Å²) < 4.78 is 29.1. The first-order valence-electron chi connectivity index (χ1n) is 10.4. The van der Waals surface area contributed by atoms with Crippen LogP contribution in [0.1, 0.15) is 22.0 Å². The van der Waals surface area contributed by atoms with Crippen LogP contribution in [0.5, 0.6) is 11.5 Å². The molecular weight excluding hydrogens is 417 g/mol. The van der Waals surface area contributed by atoms with Gasteiger partial charge in [-0.05, 0) is 29.8 Å². The third-order valence-electron chi connectivity index (χ3n) is 5.26. The maximum Gasteiger partial charge on any atom is 0.251 e. The number of benzene rings is 2.